The zero-order valence-electron chi connectivity index (χ0n) is 10.2. The molecule has 96 valence electrons. The van der Waals surface area contributed by atoms with Crippen molar-refractivity contribution in [1.29, 1.82) is 0 Å². The lowest BCUT2D eigenvalue weighted by Gasteiger charge is -2.27. The number of thioether (sulfide) groups is 1. The molecule has 0 saturated carbocycles. The fourth-order valence-electron chi connectivity index (χ4n) is 1.77. The first-order valence-corrected chi connectivity index (χ1v) is 7.28. The number of piperidine rings is 1. The van der Waals surface area contributed by atoms with Gasteiger partial charge in [-0.05, 0) is 44.1 Å². The molecule has 0 atom stereocenters. The summed E-state index contributed by atoms with van der Waals surface area (Å²) >= 11 is 1.90. The molecule has 1 heterocycles. The highest BCUT2D eigenvalue weighted by molar-refractivity contribution is 14.0. The van der Waals surface area contributed by atoms with E-state index in [4.69, 9.17) is 5.73 Å². The molecule has 0 bridgehead atoms. The maximum atomic E-state index is 5.93. The van der Waals surface area contributed by atoms with Gasteiger partial charge in [-0.2, -0.15) is 11.8 Å². The second-order valence-electron chi connectivity index (χ2n) is 3.99. The van der Waals surface area contributed by atoms with Crippen LogP contribution < -0.4 is 5.73 Å². The summed E-state index contributed by atoms with van der Waals surface area (Å²) in [6, 6.07) is 0. The number of unbranched alkanes of at least 4 members (excludes halogenated alkanes) is 1. The normalized spacial score (nSPS) is 17.1. The van der Waals surface area contributed by atoms with E-state index in [0.717, 1.165) is 32.0 Å². The average Bonchev–Trinajstić information content (AvgIpc) is 2.30. The Hall–Kier alpha value is 0.350. The lowest BCUT2D eigenvalue weighted by atomic mass is 10.1. The van der Waals surface area contributed by atoms with Crippen LogP contribution in [-0.4, -0.2) is 42.5 Å². The molecule has 0 aromatic carbocycles. The Morgan fingerprint density at radius 2 is 1.94 bits per heavy atom. The van der Waals surface area contributed by atoms with Crippen molar-refractivity contribution >= 4 is 41.7 Å². The number of hydrogen-bond acceptors (Lipinski definition) is 2. The van der Waals surface area contributed by atoms with Gasteiger partial charge in [-0.15, -0.1) is 24.0 Å². The summed E-state index contributed by atoms with van der Waals surface area (Å²) in [6.07, 6.45) is 8.43. The highest BCUT2D eigenvalue weighted by Crippen LogP contribution is 2.08. The SMILES string of the molecule is CSCCCCN=C(N)N1CCCCC1.I. The largest absolute Gasteiger partial charge is 0.370 e. The predicted octanol–water partition coefficient (Wildman–Crippen LogP) is 2.55. The summed E-state index contributed by atoms with van der Waals surface area (Å²) in [5.41, 5.74) is 5.93. The third kappa shape index (κ3) is 6.83. The Morgan fingerprint density at radius 3 is 2.56 bits per heavy atom. The number of guanidine groups is 1. The molecule has 0 radical (unpaired) electrons. The minimum atomic E-state index is 0. The van der Waals surface area contributed by atoms with E-state index in [0.29, 0.717) is 0 Å². The number of nitrogens with two attached hydrogens (primary N) is 1. The lowest BCUT2D eigenvalue weighted by molar-refractivity contribution is 0.338. The summed E-state index contributed by atoms with van der Waals surface area (Å²) < 4.78 is 0. The summed E-state index contributed by atoms with van der Waals surface area (Å²) in [4.78, 5) is 6.65. The lowest BCUT2D eigenvalue weighted by Crippen LogP contribution is -2.40. The second kappa shape index (κ2) is 10.5. The Labute approximate surface area is 121 Å². The van der Waals surface area contributed by atoms with Crippen molar-refractivity contribution in [3.63, 3.8) is 0 Å². The molecule has 0 spiro atoms. The van der Waals surface area contributed by atoms with Gasteiger partial charge in [0.05, 0.1) is 0 Å². The summed E-state index contributed by atoms with van der Waals surface area (Å²) in [5.74, 6) is 2.00. The second-order valence-corrected chi connectivity index (χ2v) is 4.97. The van der Waals surface area contributed by atoms with Gasteiger partial charge in [0.25, 0.3) is 0 Å². The number of halogens is 1. The number of hydrogen-bond donors (Lipinski definition) is 1. The van der Waals surface area contributed by atoms with E-state index in [1.165, 1.54) is 31.4 Å². The molecule has 16 heavy (non-hydrogen) atoms. The Bertz CT molecular complexity index is 194. The Morgan fingerprint density at radius 1 is 1.25 bits per heavy atom. The number of nitrogens with zero attached hydrogens (tertiary/aromatic N) is 2. The fourth-order valence-corrected chi connectivity index (χ4v) is 2.27. The molecule has 0 aliphatic carbocycles. The number of rotatable bonds is 5. The monoisotopic (exact) mass is 357 g/mol. The van der Waals surface area contributed by atoms with Crippen LogP contribution in [0.4, 0.5) is 0 Å². The van der Waals surface area contributed by atoms with Crippen molar-refractivity contribution in [1.82, 2.24) is 4.90 Å². The van der Waals surface area contributed by atoms with E-state index in [9.17, 15) is 0 Å². The molecule has 2 N–H and O–H groups in total. The Kier molecular flexibility index (Phi) is 10.7. The van der Waals surface area contributed by atoms with Crippen LogP contribution in [0.1, 0.15) is 32.1 Å². The minimum absolute atomic E-state index is 0. The van der Waals surface area contributed by atoms with Crippen molar-refractivity contribution in [2.75, 3.05) is 31.6 Å². The molecule has 1 aliphatic heterocycles. The van der Waals surface area contributed by atoms with Crippen LogP contribution in [0, 0.1) is 0 Å². The molecular weight excluding hydrogens is 333 g/mol. The van der Waals surface area contributed by atoms with Crippen LogP contribution in [0.2, 0.25) is 0 Å². The van der Waals surface area contributed by atoms with Gasteiger partial charge >= 0.3 is 0 Å². The van der Waals surface area contributed by atoms with Gasteiger partial charge in [-0.25, -0.2) is 0 Å². The van der Waals surface area contributed by atoms with E-state index < -0.39 is 0 Å². The molecule has 1 aliphatic rings. The van der Waals surface area contributed by atoms with E-state index in [1.54, 1.807) is 0 Å². The van der Waals surface area contributed by atoms with Gasteiger partial charge in [-0.3, -0.25) is 4.99 Å². The van der Waals surface area contributed by atoms with Gasteiger partial charge < -0.3 is 10.6 Å². The summed E-state index contributed by atoms with van der Waals surface area (Å²) in [6.45, 7) is 3.09. The van der Waals surface area contributed by atoms with E-state index in [-0.39, 0.29) is 24.0 Å². The van der Waals surface area contributed by atoms with Gasteiger partial charge in [0, 0.05) is 19.6 Å². The van der Waals surface area contributed by atoms with Crippen molar-refractivity contribution in [2.45, 2.75) is 32.1 Å². The van der Waals surface area contributed by atoms with Crippen LogP contribution in [-0.2, 0) is 0 Å². The van der Waals surface area contributed by atoms with Crippen molar-refractivity contribution < 1.29 is 0 Å². The minimum Gasteiger partial charge on any atom is -0.370 e. The smallest absolute Gasteiger partial charge is 0.191 e. The van der Waals surface area contributed by atoms with Crippen LogP contribution in [0.5, 0.6) is 0 Å². The highest BCUT2D eigenvalue weighted by Gasteiger charge is 2.11. The van der Waals surface area contributed by atoms with Crippen LogP contribution in [0.3, 0.4) is 0 Å². The summed E-state index contributed by atoms with van der Waals surface area (Å²) in [5, 5.41) is 0. The van der Waals surface area contributed by atoms with Gasteiger partial charge in [-0.1, -0.05) is 0 Å². The Balaban J connectivity index is 0.00000225. The maximum Gasteiger partial charge on any atom is 0.191 e. The van der Waals surface area contributed by atoms with Crippen LogP contribution >= 0.6 is 35.7 Å². The van der Waals surface area contributed by atoms with E-state index in [2.05, 4.69) is 16.1 Å². The molecule has 1 saturated heterocycles. The molecule has 0 aromatic heterocycles. The van der Waals surface area contributed by atoms with Gasteiger partial charge in [0.15, 0.2) is 5.96 Å². The van der Waals surface area contributed by atoms with Gasteiger partial charge in [0.2, 0.25) is 0 Å². The number of likely N-dealkylation sites (tertiary alicyclic amines) is 1. The molecule has 1 rings (SSSR count). The molecule has 0 amide bonds. The molecule has 0 aromatic rings. The standard InChI is InChI=1S/C11H23N3S.HI/c1-15-10-6-3-7-13-11(12)14-8-4-2-5-9-14;/h2-10H2,1H3,(H2,12,13);1H. The van der Waals surface area contributed by atoms with Crippen molar-refractivity contribution in [3.8, 4) is 0 Å². The zero-order chi connectivity index (χ0) is 10.9. The van der Waals surface area contributed by atoms with Gasteiger partial charge in [0.1, 0.15) is 0 Å². The van der Waals surface area contributed by atoms with Crippen LogP contribution in [0.15, 0.2) is 4.99 Å². The topological polar surface area (TPSA) is 41.6 Å². The zero-order valence-corrected chi connectivity index (χ0v) is 13.3. The first-order valence-electron chi connectivity index (χ1n) is 5.88. The van der Waals surface area contributed by atoms with Crippen LogP contribution in [0.25, 0.3) is 0 Å². The average molecular weight is 357 g/mol. The quantitative estimate of drug-likeness (QED) is 0.356. The number of aliphatic imine (C=N–C) groups is 1. The predicted molar refractivity (Wildman–Crippen MR) is 84.9 cm³/mol. The van der Waals surface area contributed by atoms with Crippen molar-refractivity contribution in [3.05, 3.63) is 0 Å². The molecule has 5 heteroatoms. The first kappa shape index (κ1) is 16.4. The summed E-state index contributed by atoms with van der Waals surface area (Å²) in [7, 11) is 0. The van der Waals surface area contributed by atoms with Crippen molar-refractivity contribution in [2.24, 2.45) is 10.7 Å². The van der Waals surface area contributed by atoms with E-state index in [1.807, 2.05) is 11.8 Å². The fraction of sp³-hybridized carbons (Fsp3) is 0.909. The molecule has 1 fully saturated rings. The molecule has 3 nitrogen and oxygen atoms in total. The molecule has 0 unspecified atom stereocenters. The molecular formula is C11H24IN3S. The van der Waals surface area contributed by atoms with E-state index >= 15 is 0 Å². The third-order valence-corrected chi connectivity index (χ3v) is 3.41. The maximum absolute atomic E-state index is 5.93. The first-order chi connectivity index (χ1) is 7.34. The highest BCUT2D eigenvalue weighted by atomic mass is 127. The third-order valence-electron chi connectivity index (χ3n) is 2.71.